The summed E-state index contributed by atoms with van der Waals surface area (Å²) in [6.45, 7) is -0.0668. The number of carbonyl (C=O) groups is 1. The summed E-state index contributed by atoms with van der Waals surface area (Å²) in [6.07, 6.45) is -7.58. The number of aliphatic hydroxyl groups excluding tert-OH is 2. The standard InChI is InChI=1S/C32H32O13S/c1-37-19-6-13(7-20(38-2)25(19)33)23-14-8-17-18(42-12-41-17)9-15(14)28(16-10-39-30(36)24(16)23)44-32-27(35)26(34)29-21(43-32)11-40-31(45-29)22-4-3-5-46-22/h3-9,16,21,23-24,26-29,31-35H,10-12H2,1-2H3/t16-,21+,23+,24-,26+,27?,28+,29+,31+,32-/m0/s1/i23D. The zero-order chi connectivity index (χ0) is 32.6. The number of thiophene rings is 1. The number of carbonyl (C=O) groups excluding carboxylic acids is 1. The van der Waals surface area contributed by atoms with E-state index in [-0.39, 0.29) is 37.3 Å². The van der Waals surface area contributed by atoms with Gasteiger partial charge in [0.2, 0.25) is 12.5 Å². The molecule has 0 saturated carbocycles. The number of rotatable bonds is 6. The van der Waals surface area contributed by atoms with Crippen molar-refractivity contribution in [3.05, 3.63) is 63.3 Å². The van der Waals surface area contributed by atoms with Crippen LogP contribution in [-0.4, -0.2) is 86.2 Å². The van der Waals surface area contributed by atoms with E-state index in [1.54, 1.807) is 12.1 Å². The predicted octanol–water partition coefficient (Wildman–Crippen LogP) is 2.75. The van der Waals surface area contributed by atoms with Gasteiger partial charge in [-0.2, -0.15) is 0 Å². The van der Waals surface area contributed by atoms with Crippen molar-refractivity contribution in [3.8, 4) is 28.7 Å². The summed E-state index contributed by atoms with van der Waals surface area (Å²) in [7, 11) is 2.74. The van der Waals surface area contributed by atoms with E-state index in [4.69, 9.17) is 42.6 Å². The normalized spacial score (nSPS) is 36.2. The molecule has 3 fully saturated rings. The average Bonchev–Trinajstić information content (AvgIpc) is 3.86. The van der Waals surface area contributed by atoms with Crippen molar-refractivity contribution < 1.29 is 64.1 Å². The second-order valence-electron chi connectivity index (χ2n) is 11.6. The maximum atomic E-state index is 13.6. The first kappa shape index (κ1) is 28.6. The van der Waals surface area contributed by atoms with E-state index in [2.05, 4.69) is 0 Å². The Hall–Kier alpha value is -3.63. The maximum Gasteiger partial charge on any atom is 0.310 e. The molecule has 1 aromatic heterocycles. The molecule has 3 saturated heterocycles. The third kappa shape index (κ3) is 4.70. The second-order valence-corrected chi connectivity index (χ2v) is 12.5. The summed E-state index contributed by atoms with van der Waals surface area (Å²) in [6, 6.07) is 10.0. The highest BCUT2D eigenvalue weighted by molar-refractivity contribution is 7.10. The summed E-state index contributed by atoms with van der Waals surface area (Å²) in [5, 5.41) is 35.0. The Labute approximate surface area is 268 Å². The van der Waals surface area contributed by atoms with Crippen LogP contribution in [0.2, 0.25) is 0 Å². The number of methoxy groups -OCH3 is 2. The zero-order valence-electron chi connectivity index (χ0n) is 25.7. The largest absolute Gasteiger partial charge is 0.502 e. The molecule has 5 aliphatic rings. The van der Waals surface area contributed by atoms with Crippen LogP contribution < -0.4 is 18.9 Å². The zero-order valence-corrected chi connectivity index (χ0v) is 25.5. The minimum absolute atomic E-state index is 0.0450. The van der Waals surface area contributed by atoms with Crippen molar-refractivity contribution in [1.82, 2.24) is 0 Å². The second kappa shape index (κ2) is 11.6. The Bertz CT molecular complexity index is 1660. The summed E-state index contributed by atoms with van der Waals surface area (Å²) in [5.41, 5.74) is 1.10. The van der Waals surface area contributed by atoms with Gasteiger partial charge in [-0.15, -0.1) is 11.3 Å². The molecule has 8 rings (SSSR count). The van der Waals surface area contributed by atoms with Crippen molar-refractivity contribution in [1.29, 1.82) is 0 Å². The first-order chi connectivity index (χ1) is 22.7. The van der Waals surface area contributed by atoms with E-state index in [1.165, 1.54) is 37.7 Å². The summed E-state index contributed by atoms with van der Waals surface area (Å²) >= 11 is 1.45. The molecule has 2 aromatic carbocycles. The molecule has 3 N–H and O–H groups in total. The number of hydrogen-bond acceptors (Lipinski definition) is 14. The summed E-state index contributed by atoms with van der Waals surface area (Å²) < 4.78 is 62.3. The number of esters is 1. The van der Waals surface area contributed by atoms with E-state index in [0.29, 0.717) is 28.2 Å². The van der Waals surface area contributed by atoms with E-state index < -0.39 is 66.8 Å². The van der Waals surface area contributed by atoms with Gasteiger partial charge >= 0.3 is 5.97 Å². The number of benzene rings is 2. The molecule has 0 bridgehead atoms. The van der Waals surface area contributed by atoms with Gasteiger partial charge in [-0.1, -0.05) is 6.07 Å². The third-order valence-electron chi connectivity index (χ3n) is 9.12. The number of fused-ring (bicyclic) bond motifs is 4. The topological polar surface area (TPSA) is 161 Å². The Balaban J connectivity index is 1.18. The molecule has 1 unspecified atom stereocenters. The van der Waals surface area contributed by atoms with Gasteiger partial charge in [0.15, 0.2) is 35.6 Å². The minimum atomic E-state index is -1.80. The number of phenols is 1. The predicted molar refractivity (Wildman–Crippen MR) is 156 cm³/mol. The molecule has 10 atom stereocenters. The monoisotopic (exact) mass is 657 g/mol. The first-order valence-electron chi connectivity index (χ1n) is 15.3. The Morgan fingerprint density at radius 2 is 1.70 bits per heavy atom. The minimum Gasteiger partial charge on any atom is -0.502 e. The van der Waals surface area contributed by atoms with Crippen molar-refractivity contribution >= 4 is 17.3 Å². The van der Waals surface area contributed by atoms with E-state index >= 15 is 0 Å². The van der Waals surface area contributed by atoms with Gasteiger partial charge in [-0.05, 0) is 52.4 Å². The molecule has 0 amide bonds. The smallest absolute Gasteiger partial charge is 0.310 e. The van der Waals surface area contributed by atoms with Gasteiger partial charge in [-0.3, -0.25) is 4.79 Å². The van der Waals surface area contributed by atoms with Crippen LogP contribution in [0.25, 0.3) is 0 Å². The van der Waals surface area contributed by atoms with Gasteiger partial charge in [0, 0.05) is 13.2 Å². The highest BCUT2D eigenvalue weighted by Gasteiger charge is 2.56. The molecule has 244 valence electrons. The van der Waals surface area contributed by atoms with Crippen LogP contribution in [0.1, 0.15) is 41.2 Å². The highest BCUT2D eigenvalue weighted by Crippen LogP contribution is 2.57. The highest BCUT2D eigenvalue weighted by atomic mass is 32.1. The molecular weight excluding hydrogens is 624 g/mol. The molecule has 46 heavy (non-hydrogen) atoms. The van der Waals surface area contributed by atoms with Gasteiger partial charge in [0.25, 0.3) is 0 Å². The number of hydrogen-bond donors (Lipinski definition) is 3. The maximum absolute atomic E-state index is 13.6. The lowest BCUT2D eigenvalue weighted by atomic mass is 9.66. The van der Waals surface area contributed by atoms with Crippen LogP contribution in [0.3, 0.4) is 0 Å². The van der Waals surface area contributed by atoms with E-state index in [1.807, 2.05) is 17.5 Å². The van der Waals surface area contributed by atoms with Crippen molar-refractivity contribution in [2.75, 3.05) is 34.2 Å². The van der Waals surface area contributed by atoms with Gasteiger partial charge in [-0.25, -0.2) is 0 Å². The van der Waals surface area contributed by atoms with Crippen molar-refractivity contribution in [2.45, 2.75) is 49.0 Å². The number of cyclic esters (lactones) is 1. The fourth-order valence-corrected chi connectivity index (χ4v) is 7.63. The summed E-state index contributed by atoms with van der Waals surface area (Å²) in [4.78, 5) is 14.4. The lowest BCUT2D eigenvalue weighted by Gasteiger charge is -2.48. The van der Waals surface area contributed by atoms with Crippen molar-refractivity contribution in [3.63, 3.8) is 0 Å². The Morgan fingerprint density at radius 1 is 0.957 bits per heavy atom. The molecule has 1 aliphatic carbocycles. The van der Waals surface area contributed by atoms with Crippen LogP contribution in [-0.2, 0) is 28.5 Å². The van der Waals surface area contributed by atoms with Crippen LogP contribution in [0, 0.1) is 11.8 Å². The number of ether oxygens (including phenoxy) is 9. The fourth-order valence-electron chi connectivity index (χ4n) is 6.92. The summed E-state index contributed by atoms with van der Waals surface area (Å²) in [5.74, 6) is -3.68. The number of phenolic OH excluding ortho intramolecular Hbond substituents is 1. The van der Waals surface area contributed by atoms with Gasteiger partial charge in [0.1, 0.15) is 24.4 Å². The molecule has 14 heteroatoms. The lowest BCUT2D eigenvalue weighted by molar-refractivity contribution is -0.368. The number of aliphatic hydroxyl groups is 2. The average molecular weight is 658 g/mol. The molecule has 0 spiro atoms. The third-order valence-corrected chi connectivity index (χ3v) is 10.0. The molecule has 13 nitrogen and oxygen atoms in total. The number of aromatic hydroxyl groups is 1. The molecular formula is C32H32O13S. The van der Waals surface area contributed by atoms with E-state index in [0.717, 1.165) is 4.88 Å². The van der Waals surface area contributed by atoms with Crippen LogP contribution in [0.15, 0.2) is 41.8 Å². The van der Waals surface area contributed by atoms with Crippen LogP contribution >= 0.6 is 11.3 Å². The van der Waals surface area contributed by atoms with E-state index in [9.17, 15) is 21.5 Å². The molecule has 0 radical (unpaired) electrons. The first-order valence-corrected chi connectivity index (χ1v) is 15.6. The Morgan fingerprint density at radius 3 is 2.39 bits per heavy atom. The van der Waals surface area contributed by atoms with Gasteiger partial charge in [0.05, 0.1) is 44.3 Å². The van der Waals surface area contributed by atoms with Crippen LogP contribution in [0.4, 0.5) is 0 Å². The molecule has 4 aliphatic heterocycles. The Kier molecular flexibility index (Phi) is 7.18. The van der Waals surface area contributed by atoms with Gasteiger partial charge < -0.3 is 58.0 Å². The quantitative estimate of drug-likeness (QED) is 0.333. The fraction of sp³-hybridized carbons (Fsp3) is 0.469. The molecule has 5 heterocycles. The van der Waals surface area contributed by atoms with Crippen LogP contribution in [0.5, 0.6) is 28.7 Å². The SMILES string of the molecule is [2H][C@@]1(c2cc(OC)c(O)c(OC)c2)c2cc3c(cc2[C@@H](O[C@@H]2O[C@@H]4CO[C@@H](c5cccs5)O[C@H]4[C@H](O)C2O)[C@H]2COC(=O)[C@@H]21)OCO3. The van der Waals surface area contributed by atoms with Crippen molar-refractivity contribution in [2.24, 2.45) is 11.8 Å². The molecule has 3 aromatic rings. The lowest BCUT2D eigenvalue weighted by Crippen LogP contribution is -2.62.